The van der Waals surface area contributed by atoms with Crippen LogP contribution in [0.2, 0.25) is 5.15 Å². The summed E-state index contributed by atoms with van der Waals surface area (Å²) in [6, 6.07) is 0.664. The molecule has 0 bridgehead atoms. The third-order valence-corrected chi connectivity index (χ3v) is 1.42. The summed E-state index contributed by atoms with van der Waals surface area (Å²) in [5, 5.41) is -0.355. The van der Waals surface area contributed by atoms with Crippen LogP contribution in [0.3, 0.4) is 0 Å². The Morgan fingerprint density at radius 3 is 2.64 bits per heavy atom. The van der Waals surface area contributed by atoms with E-state index in [1.807, 2.05) is 0 Å². The number of hydrogen-bond donors (Lipinski definition) is 1. The number of rotatable bonds is 1. The van der Waals surface area contributed by atoms with Gasteiger partial charge in [0.05, 0.1) is 5.69 Å². The van der Waals surface area contributed by atoms with Crippen molar-refractivity contribution in [2.24, 2.45) is 5.73 Å². The Hall–Kier alpha value is -0.740. The quantitative estimate of drug-likeness (QED) is 0.662. The monoisotopic (exact) mass is 178 g/mol. The molecule has 0 aliphatic heterocycles. The standard InChI is InChI=1S/C6H5ClF2N2/c7-6-4(9)1-3(8)5(2-10)11-6/h1H,2,10H2. The first kappa shape index (κ1) is 8.36. The van der Waals surface area contributed by atoms with Crippen LogP contribution in [0.4, 0.5) is 8.78 Å². The van der Waals surface area contributed by atoms with Crippen LogP contribution in [-0.4, -0.2) is 4.98 Å². The van der Waals surface area contributed by atoms with Crippen molar-refractivity contribution >= 4 is 11.6 Å². The van der Waals surface area contributed by atoms with Crippen molar-refractivity contribution in [3.8, 4) is 0 Å². The predicted molar refractivity (Wildman–Crippen MR) is 37.1 cm³/mol. The molecule has 0 aliphatic carbocycles. The minimum absolute atomic E-state index is 0.0311. The van der Waals surface area contributed by atoms with E-state index in [0.717, 1.165) is 0 Å². The van der Waals surface area contributed by atoms with Gasteiger partial charge in [-0.1, -0.05) is 11.6 Å². The second-order valence-corrected chi connectivity index (χ2v) is 2.25. The largest absolute Gasteiger partial charge is 0.325 e. The van der Waals surface area contributed by atoms with Gasteiger partial charge in [0, 0.05) is 12.6 Å². The average Bonchev–Trinajstić information content (AvgIpc) is 1.97. The normalized spacial score (nSPS) is 10.2. The van der Waals surface area contributed by atoms with Crippen molar-refractivity contribution in [3.05, 3.63) is 28.5 Å². The third kappa shape index (κ3) is 1.64. The molecular weight excluding hydrogens is 174 g/mol. The van der Waals surface area contributed by atoms with Gasteiger partial charge >= 0.3 is 0 Å². The van der Waals surface area contributed by atoms with Gasteiger partial charge in [-0.15, -0.1) is 0 Å². The minimum atomic E-state index is -0.874. The summed E-state index contributed by atoms with van der Waals surface area (Å²) in [7, 11) is 0. The van der Waals surface area contributed by atoms with E-state index in [4.69, 9.17) is 17.3 Å². The van der Waals surface area contributed by atoms with E-state index < -0.39 is 11.6 Å². The summed E-state index contributed by atoms with van der Waals surface area (Å²) in [5.41, 5.74) is 5.05. The molecule has 0 aliphatic rings. The molecule has 0 fully saturated rings. The smallest absolute Gasteiger partial charge is 0.165 e. The highest BCUT2D eigenvalue weighted by atomic mass is 35.5. The molecule has 60 valence electrons. The molecule has 0 unspecified atom stereocenters. The lowest BCUT2D eigenvalue weighted by atomic mass is 10.3. The first-order valence-corrected chi connectivity index (χ1v) is 3.23. The molecule has 2 nitrogen and oxygen atoms in total. The van der Waals surface area contributed by atoms with Gasteiger partial charge in [0.1, 0.15) is 5.82 Å². The molecule has 5 heteroatoms. The molecule has 0 spiro atoms. The summed E-state index contributed by atoms with van der Waals surface area (Å²) in [6.45, 7) is -0.0914. The number of nitrogens with two attached hydrogens (primary N) is 1. The van der Waals surface area contributed by atoms with Crippen LogP contribution < -0.4 is 5.73 Å². The van der Waals surface area contributed by atoms with E-state index in [-0.39, 0.29) is 17.4 Å². The van der Waals surface area contributed by atoms with Crippen molar-refractivity contribution in [3.63, 3.8) is 0 Å². The van der Waals surface area contributed by atoms with Crippen LogP contribution in [0, 0.1) is 11.6 Å². The fraction of sp³-hybridized carbons (Fsp3) is 0.167. The first-order valence-electron chi connectivity index (χ1n) is 2.85. The van der Waals surface area contributed by atoms with Gasteiger partial charge in [-0.25, -0.2) is 13.8 Å². The third-order valence-electron chi connectivity index (χ3n) is 1.15. The maximum absolute atomic E-state index is 12.6. The Labute approximate surface area is 67.0 Å². The average molecular weight is 179 g/mol. The van der Waals surface area contributed by atoms with Crippen LogP contribution in [0.1, 0.15) is 5.69 Å². The van der Waals surface area contributed by atoms with Crippen LogP contribution in [0.15, 0.2) is 6.07 Å². The topological polar surface area (TPSA) is 38.9 Å². The first-order chi connectivity index (χ1) is 5.15. The molecular formula is C6H5ClF2N2. The summed E-state index contributed by atoms with van der Waals surface area (Å²) < 4.78 is 25.0. The van der Waals surface area contributed by atoms with Gasteiger partial charge in [-0.05, 0) is 0 Å². The van der Waals surface area contributed by atoms with E-state index in [9.17, 15) is 8.78 Å². The summed E-state index contributed by atoms with van der Waals surface area (Å²) in [5.74, 6) is -1.64. The lowest BCUT2D eigenvalue weighted by Gasteiger charge is -1.99. The zero-order chi connectivity index (χ0) is 8.43. The van der Waals surface area contributed by atoms with Gasteiger partial charge in [-0.3, -0.25) is 0 Å². The van der Waals surface area contributed by atoms with Crippen molar-refractivity contribution < 1.29 is 8.78 Å². The van der Waals surface area contributed by atoms with E-state index in [1.165, 1.54) is 0 Å². The molecule has 1 aromatic heterocycles. The highest BCUT2D eigenvalue weighted by Gasteiger charge is 2.07. The molecule has 2 N–H and O–H groups in total. The van der Waals surface area contributed by atoms with Crippen LogP contribution >= 0.6 is 11.6 Å². The maximum atomic E-state index is 12.6. The van der Waals surface area contributed by atoms with Crippen LogP contribution in [0.5, 0.6) is 0 Å². The lowest BCUT2D eigenvalue weighted by Crippen LogP contribution is -2.04. The Balaban J connectivity index is 3.21. The van der Waals surface area contributed by atoms with Crippen molar-refractivity contribution in [1.29, 1.82) is 0 Å². The zero-order valence-electron chi connectivity index (χ0n) is 5.44. The summed E-state index contributed by atoms with van der Waals surface area (Å²) in [6.07, 6.45) is 0. The minimum Gasteiger partial charge on any atom is -0.325 e. The Kier molecular flexibility index (Phi) is 2.36. The Morgan fingerprint density at radius 2 is 2.09 bits per heavy atom. The number of halogens is 3. The Bertz CT molecular complexity index is 278. The molecule has 1 aromatic rings. The molecule has 1 heterocycles. The van der Waals surface area contributed by atoms with Crippen molar-refractivity contribution in [1.82, 2.24) is 4.98 Å². The predicted octanol–water partition coefficient (Wildman–Crippen LogP) is 1.47. The molecule has 0 amide bonds. The SMILES string of the molecule is NCc1nc(Cl)c(F)cc1F. The highest BCUT2D eigenvalue weighted by molar-refractivity contribution is 6.29. The number of hydrogen-bond acceptors (Lipinski definition) is 2. The molecule has 0 radical (unpaired) electrons. The number of nitrogens with zero attached hydrogens (tertiary/aromatic N) is 1. The van der Waals surface area contributed by atoms with Gasteiger partial charge in [-0.2, -0.15) is 0 Å². The van der Waals surface area contributed by atoms with E-state index in [1.54, 1.807) is 0 Å². The second-order valence-electron chi connectivity index (χ2n) is 1.89. The molecule has 11 heavy (non-hydrogen) atoms. The fourth-order valence-corrected chi connectivity index (χ4v) is 0.779. The molecule has 0 atom stereocenters. The highest BCUT2D eigenvalue weighted by Crippen LogP contribution is 2.14. The summed E-state index contributed by atoms with van der Waals surface area (Å²) >= 11 is 5.26. The van der Waals surface area contributed by atoms with Gasteiger partial charge < -0.3 is 5.73 Å². The fourth-order valence-electron chi connectivity index (χ4n) is 0.623. The van der Waals surface area contributed by atoms with E-state index in [2.05, 4.69) is 4.98 Å². The van der Waals surface area contributed by atoms with Crippen molar-refractivity contribution in [2.75, 3.05) is 0 Å². The van der Waals surface area contributed by atoms with Gasteiger partial charge in [0.25, 0.3) is 0 Å². The van der Waals surface area contributed by atoms with Gasteiger partial charge in [0.15, 0.2) is 11.0 Å². The second kappa shape index (κ2) is 3.11. The van der Waals surface area contributed by atoms with Crippen LogP contribution in [0.25, 0.3) is 0 Å². The maximum Gasteiger partial charge on any atom is 0.165 e. The molecule has 1 rings (SSSR count). The van der Waals surface area contributed by atoms with Crippen molar-refractivity contribution in [2.45, 2.75) is 6.54 Å². The Morgan fingerprint density at radius 1 is 1.45 bits per heavy atom. The molecule has 0 saturated heterocycles. The number of pyridine rings is 1. The summed E-state index contributed by atoms with van der Waals surface area (Å²) in [4.78, 5) is 3.38. The number of aromatic nitrogens is 1. The lowest BCUT2D eigenvalue weighted by molar-refractivity contribution is 0.559. The molecule has 0 saturated carbocycles. The van der Waals surface area contributed by atoms with E-state index in [0.29, 0.717) is 6.07 Å². The van der Waals surface area contributed by atoms with Gasteiger partial charge in [0.2, 0.25) is 0 Å². The van der Waals surface area contributed by atoms with Crippen LogP contribution in [-0.2, 0) is 6.54 Å². The zero-order valence-corrected chi connectivity index (χ0v) is 6.20. The van der Waals surface area contributed by atoms with E-state index >= 15 is 0 Å². The molecule has 0 aromatic carbocycles.